The minimum Gasteiger partial charge on any atom is -0.306 e. The Morgan fingerprint density at radius 2 is 1.22 bits per heavy atom. The fourth-order valence-corrected chi connectivity index (χ4v) is 6.96. The van der Waals surface area contributed by atoms with Gasteiger partial charge in [-0.2, -0.15) is 0 Å². The predicted octanol–water partition coefficient (Wildman–Crippen LogP) is 8.16. The number of anilines is 2. The summed E-state index contributed by atoms with van der Waals surface area (Å²) in [4.78, 5) is 37.6. The van der Waals surface area contributed by atoms with Crippen molar-refractivity contribution in [1.29, 1.82) is 0 Å². The molecule has 248 valence electrons. The van der Waals surface area contributed by atoms with E-state index in [0.717, 1.165) is 76.2 Å². The molecule has 2 unspecified atom stereocenters. The van der Waals surface area contributed by atoms with Crippen molar-refractivity contribution in [2.75, 3.05) is 30.3 Å². The van der Waals surface area contributed by atoms with Gasteiger partial charge < -0.3 is 16.0 Å². The molecule has 12 heteroatoms. The molecule has 2 amide bonds. The van der Waals surface area contributed by atoms with Crippen LogP contribution < -0.4 is 16.0 Å². The minimum atomic E-state index is -0.180. The van der Waals surface area contributed by atoms with Gasteiger partial charge in [-0.3, -0.25) is 14.5 Å². The highest BCUT2D eigenvalue weighted by Crippen LogP contribution is 2.26. The zero-order chi connectivity index (χ0) is 33.5. The van der Waals surface area contributed by atoms with Crippen LogP contribution in [0.25, 0.3) is 0 Å². The van der Waals surface area contributed by atoms with E-state index in [1.54, 1.807) is 6.20 Å². The third kappa shape index (κ3) is 11.4. The highest BCUT2D eigenvalue weighted by Gasteiger charge is 2.23. The van der Waals surface area contributed by atoms with Gasteiger partial charge in [0.2, 0.25) is 11.8 Å². The first kappa shape index (κ1) is 37.6. The molecule has 0 aliphatic carbocycles. The fraction of sp³-hybridized carbons (Fsp3) is 0.412. The molecule has 46 heavy (non-hydrogen) atoms. The summed E-state index contributed by atoms with van der Waals surface area (Å²) >= 11 is 15.3. The molecule has 0 aliphatic heterocycles. The van der Waals surface area contributed by atoms with Crippen LogP contribution in [0.5, 0.6) is 0 Å². The number of thiazole rings is 2. The number of hydrogen-bond donors (Lipinski definition) is 3. The summed E-state index contributed by atoms with van der Waals surface area (Å²) in [6.07, 6.45) is 6.57. The van der Waals surface area contributed by atoms with E-state index in [1.807, 2.05) is 75.5 Å². The molecule has 0 aliphatic rings. The van der Waals surface area contributed by atoms with E-state index < -0.39 is 0 Å². The zero-order valence-electron chi connectivity index (χ0n) is 27.1. The quantitative estimate of drug-likeness (QED) is 0.116. The lowest BCUT2D eigenvalue weighted by Crippen LogP contribution is -2.43. The lowest BCUT2D eigenvalue weighted by atomic mass is 10.1. The number of carbonyl (C=O) groups excluding carboxylic acids is 2. The number of hydrogen-bond acceptors (Lipinski definition) is 8. The molecule has 2 aromatic heterocycles. The molecular formula is C34H44Cl2N6O2S2. The monoisotopic (exact) mass is 702 g/mol. The number of nitrogens with one attached hydrogen (secondary N) is 3. The van der Waals surface area contributed by atoms with E-state index in [-0.39, 0.29) is 23.9 Å². The normalized spacial score (nSPS) is 12.3. The highest BCUT2D eigenvalue weighted by molar-refractivity contribution is 7.16. The zero-order valence-corrected chi connectivity index (χ0v) is 30.3. The van der Waals surface area contributed by atoms with Gasteiger partial charge in [0.25, 0.3) is 0 Å². The summed E-state index contributed by atoms with van der Waals surface area (Å²) in [5.41, 5.74) is 2.13. The SMILES string of the molecule is CCC(C(=O)Nc1ncc(Cc2ccccc2Cl)s1)N(CC)CC.CCNC(CC)C(=O)Nc1ncc(Cc2ccccc2Cl)s1. The second-order valence-electron chi connectivity index (χ2n) is 10.4. The van der Waals surface area contributed by atoms with Gasteiger partial charge in [-0.1, -0.05) is 94.2 Å². The number of amides is 2. The lowest BCUT2D eigenvalue weighted by Gasteiger charge is -2.27. The van der Waals surface area contributed by atoms with Crippen molar-refractivity contribution in [1.82, 2.24) is 20.2 Å². The smallest absolute Gasteiger partial charge is 0.243 e. The van der Waals surface area contributed by atoms with Crippen LogP contribution in [0.15, 0.2) is 60.9 Å². The summed E-state index contributed by atoms with van der Waals surface area (Å²) in [6.45, 7) is 12.6. The fourth-order valence-electron chi connectivity index (χ4n) is 4.88. The van der Waals surface area contributed by atoms with Crippen LogP contribution in [0.2, 0.25) is 10.0 Å². The minimum absolute atomic E-state index is 0.0137. The van der Waals surface area contributed by atoms with Crippen molar-refractivity contribution in [2.45, 2.75) is 72.4 Å². The Kier molecular flexibility index (Phi) is 16.1. The lowest BCUT2D eigenvalue weighted by molar-refractivity contribution is -0.121. The van der Waals surface area contributed by atoms with Crippen LogP contribution in [-0.2, 0) is 22.4 Å². The summed E-state index contributed by atoms with van der Waals surface area (Å²) < 4.78 is 0. The maximum atomic E-state index is 12.5. The van der Waals surface area contributed by atoms with Crippen molar-refractivity contribution < 1.29 is 9.59 Å². The van der Waals surface area contributed by atoms with Crippen LogP contribution in [0.3, 0.4) is 0 Å². The van der Waals surface area contributed by atoms with E-state index >= 15 is 0 Å². The van der Waals surface area contributed by atoms with Crippen LogP contribution in [0.1, 0.15) is 68.3 Å². The number of likely N-dealkylation sites (N-methyl/N-ethyl adjacent to an activating group) is 2. The molecule has 8 nitrogen and oxygen atoms in total. The molecule has 4 aromatic rings. The van der Waals surface area contributed by atoms with Crippen molar-refractivity contribution >= 4 is 68.0 Å². The highest BCUT2D eigenvalue weighted by atomic mass is 35.5. The molecule has 4 rings (SSSR count). The molecule has 3 N–H and O–H groups in total. The molecule has 0 saturated carbocycles. The Hall–Kier alpha value is -2.86. The van der Waals surface area contributed by atoms with E-state index in [2.05, 4.69) is 44.7 Å². The van der Waals surface area contributed by atoms with Gasteiger partial charge in [0.05, 0.1) is 12.1 Å². The van der Waals surface area contributed by atoms with E-state index in [1.165, 1.54) is 22.7 Å². The third-order valence-electron chi connectivity index (χ3n) is 7.33. The van der Waals surface area contributed by atoms with Gasteiger partial charge in [-0.15, -0.1) is 22.7 Å². The number of rotatable bonds is 15. The molecule has 0 radical (unpaired) electrons. The van der Waals surface area contributed by atoms with Gasteiger partial charge in [0, 0.05) is 45.0 Å². The number of aromatic nitrogens is 2. The predicted molar refractivity (Wildman–Crippen MR) is 195 cm³/mol. The van der Waals surface area contributed by atoms with Gasteiger partial charge in [0.1, 0.15) is 0 Å². The molecule has 2 aromatic carbocycles. The van der Waals surface area contributed by atoms with Gasteiger partial charge in [-0.25, -0.2) is 9.97 Å². The van der Waals surface area contributed by atoms with Crippen LogP contribution in [0.4, 0.5) is 10.3 Å². The summed E-state index contributed by atoms with van der Waals surface area (Å²) in [5.74, 6) is -0.0252. The van der Waals surface area contributed by atoms with Crippen LogP contribution in [-0.4, -0.2) is 58.4 Å². The Labute approximate surface area is 291 Å². The maximum absolute atomic E-state index is 12.5. The van der Waals surface area contributed by atoms with Crippen LogP contribution in [0, 0.1) is 0 Å². The average Bonchev–Trinajstić information content (AvgIpc) is 3.69. The molecule has 0 fully saturated rings. The third-order valence-corrected chi connectivity index (χ3v) is 9.89. The maximum Gasteiger partial charge on any atom is 0.243 e. The molecule has 0 bridgehead atoms. The number of halogens is 2. The van der Waals surface area contributed by atoms with Gasteiger partial charge in [-0.05, 0) is 55.7 Å². The second-order valence-corrected chi connectivity index (χ2v) is 13.5. The molecule has 2 heterocycles. The summed E-state index contributed by atoms with van der Waals surface area (Å²) in [7, 11) is 0. The van der Waals surface area contributed by atoms with Crippen molar-refractivity contribution in [3.63, 3.8) is 0 Å². The largest absolute Gasteiger partial charge is 0.306 e. The Morgan fingerprint density at radius 1 is 0.739 bits per heavy atom. The Morgan fingerprint density at radius 3 is 1.63 bits per heavy atom. The van der Waals surface area contributed by atoms with Gasteiger partial charge in [0.15, 0.2) is 10.3 Å². The van der Waals surface area contributed by atoms with Crippen molar-refractivity contribution in [3.8, 4) is 0 Å². The van der Waals surface area contributed by atoms with Crippen molar-refractivity contribution in [3.05, 3.63) is 91.9 Å². The van der Waals surface area contributed by atoms with E-state index in [4.69, 9.17) is 23.2 Å². The first-order valence-electron chi connectivity index (χ1n) is 15.7. The standard InChI is InChI=1S/C18H24ClN3OS.C16H20ClN3OS/c1-4-16(22(5-2)6-3)17(23)21-18-20-12-14(24-18)11-13-9-7-8-10-15(13)19;1-3-14(18-4-2)15(21)20-16-19-10-12(22-16)9-11-7-5-6-8-13(11)17/h7-10,12,16H,4-6,11H2,1-3H3,(H,20,21,23);5-8,10,14,18H,3-4,9H2,1-2H3,(H,19,20,21). The molecular weight excluding hydrogens is 659 g/mol. The summed E-state index contributed by atoms with van der Waals surface area (Å²) in [6, 6.07) is 15.2. The summed E-state index contributed by atoms with van der Waals surface area (Å²) in [5, 5.41) is 11.8. The topological polar surface area (TPSA) is 99.3 Å². The number of carbonyl (C=O) groups is 2. The number of nitrogens with zero attached hydrogens (tertiary/aromatic N) is 3. The Bertz CT molecular complexity index is 1520. The first-order valence-corrected chi connectivity index (χ1v) is 18.1. The molecule has 0 spiro atoms. The molecule has 0 saturated heterocycles. The van der Waals surface area contributed by atoms with Crippen molar-refractivity contribution in [2.24, 2.45) is 0 Å². The average molecular weight is 704 g/mol. The van der Waals surface area contributed by atoms with E-state index in [0.29, 0.717) is 10.3 Å². The second kappa shape index (κ2) is 19.7. The Balaban J connectivity index is 0.000000251. The van der Waals surface area contributed by atoms with E-state index in [9.17, 15) is 9.59 Å². The first-order chi connectivity index (χ1) is 22.2. The molecule has 2 atom stereocenters. The van der Waals surface area contributed by atoms with Gasteiger partial charge >= 0.3 is 0 Å². The van der Waals surface area contributed by atoms with Crippen LogP contribution >= 0.6 is 45.9 Å². The number of benzene rings is 2.